The number of rotatable bonds is 4. The number of imide groups is 1. The molecule has 1 saturated heterocycles. The molecular formula is C25H22ClNO3. The molecule has 0 unspecified atom stereocenters. The SMILES string of the molecule is CC1(C)OC(c2ccccc2)(c2ccccc2)C(=O)N(Cc2ccc(Cl)cc2)C1=O. The molecule has 3 aromatic carbocycles. The zero-order valence-electron chi connectivity index (χ0n) is 16.8. The summed E-state index contributed by atoms with van der Waals surface area (Å²) >= 11 is 5.99. The molecule has 0 radical (unpaired) electrons. The summed E-state index contributed by atoms with van der Waals surface area (Å²) in [5.74, 6) is -0.774. The van der Waals surface area contributed by atoms with Crippen molar-refractivity contribution in [2.24, 2.45) is 0 Å². The third-order valence-electron chi connectivity index (χ3n) is 5.33. The van der Waals surface area contributed by atoms with Crippen molar-refractivity contribution in [1.29, 1.82) is 0 Å². The van der Waals surface area contributed by atoms with E-state index in [-0.39, 0.29) is 12.5 Å². The molecule has 0 bridgehead atoms. The van der Waals surface area contributed by atoms with E-state index in [9.17, 15) is 9.59 Å². The minimum Gasteiger partial charge on any atom is -0.340 e. The van der Waals surface area contributed by atoms with Gasteiger partial charge in [-0.15, -0.1) is 0 Å². The number of hydrogen-bond acceptors (Lipinski definition) is 3. The van der Waals surface area contributed by atoms with E-state index >= 15 is 0 Å². The van der Waals surface area contributed by atoms with E-state index in [2.05, 4.69) is 0 Å². The van der Waals surface area contributed by atoms with Crippen LogP contribution in [0, 0.1) is 0 Å². The number of carbonyl (C=O) groups excluding carboxylic acids is 2. The Balaban J connectivity index is 1.88. The van der Waals surface area contributed by atoms with Gasteiger partial charge in [-0.1, -0.05) is 84.4 Å². The van der Waals surface area contributed by atoms with Crippen molar-refractivity contribution >= 4 is 23.4 Å². The molecule has 0 aliphatic carbocycles. The molecule has 0 saturated carbocycles. The second-order valence-electron chi connectivity index (χ2n) is 7.85. The highest BCUT2D eigenvalue weighted by Crippen LogP contribution is 2.43. The van der Waals surface area contributed by atoms with Crippen molar-refractivity contribution in [2.75, 3.05) is 0 Å². The first kappa shape index (κ1) is 20.3. The molecule has 4 rings (SSSR count). The number of amides is 2. The molecule has 1 fully saturated rings. The molecule has 0 spiro atoms. The molecule has 1 aliphatic rings. The highest BCUT2D eigenvalue weighted by Gasteiger charge is 2.57. The van der Waals surface area contributed by atoms with Gasteiger partial charge >= 0.3 is 0 Å². The summed E-state index contributed by atoms with van der Waals surface area (Å²) < 4.78 is 6.38. The predicted molar refractivity (Wildman–Crippen MR) is 116 cm³/mol. The Morgan fingerprint density at radius 1 is 0.767 bits per heavy atom. The van der Waals surface area contributed by atoms with Crippen LogP contribution in [-0.2, 0) is 26.5 Å². The van der Waals surface area contributed by atoms with Gasteiger partial charge in [0.2, 0.25) is 0 Å². The summed E-state index contributed by atoms with van der Waals surface area (Å²) in [6.45, 7) is 3.55. The van der Waals surface area contributed by atoms with Crippen molar-refractivity contribution < 1.29 is 14.3 Å². The average Bonchev–Trinajstić information content (AvgIpc) is 2.76. The fraction of sp³-hybridized carbons (Fsp3) is 0.200. The first-order chi connectivity index (χ1) is 14.3. The van der Waals surface area contributed by atoms with Gasteiger partial charge in [-0.05, 0) is 42.7 Å². The van der Waals surface area contributed by atoms with E-state index < -0.39 is 17.1 Å². The normalized spacial score (nSPS) is 17.8. The van der Waals surface area contributed by atoms with Gasteiger partial charge < -0.3 is 4.74 Å². The molecule has 1 heterocycles. The molecular weight excluding hydrogens is 398 g/mol. The largest absolute Gasteiger partial charge is 0.340 e. The lowest BCUT2D eigenvalue weighted by Crippen LogP contribution is -2.64. The smallest absolute Gasteiger partial charge is 0.271 e. The second-order valence-corrected chi connectivity index (χ2v) is 8.28. The van der Waals surface area contributed by atoms with E-state index in [0.717, 1.165) is 5.56 Å². The van der Waals surface area contributed by atoms with Crippen molar-refractivity contribution in [3.8, 4) is 0 Å². The lowest BCUT2D eigenvalue weighted by atomic mass is 9.81. The number of halogens is 1. The van der Waals surface area contributed by atoms with Crippen LogP contribution in [0.1, 0.15) is 30.5 Å². The van der Waals surface area contributed by atoms with Crippen LogP contribution < -0.4 is 0 Å². The Hall–Kier alpha value is -2.95. The number of nitrogens with zero attached hydrogens (tertiary/aromatic N) is 1. The summed E-state index contributed by atoms with van der Waals surface area (Å²) in [6, 6.07) is 25.8. The van der Waals surface area contributed by atoms with Crippen LogP contribution in [-0.4, -0.2) is 22.3 Å². The van der Waals surface area contributed by atoms with Gasteiger partial charge in [0.15, 0.2) is 5.60 Å². The highest BCUT2D eigenvalue weighted by molar-refractivity contribution is 6.30. The van der Waals surface area contributed by atoms with E-state index in [1.54, 1.807) is 26.0 Å². The average molecular weight is 420 g/mol. The van der Waals surface area contributed by atoms with E-state index in [0.29, 0.717) is 16.1 Å². The number of ether oxygens (including phenoxy) is 1. The van der Waals surface area contributed by atoms with E-state index in [4.69, 9.17) is 16.3 Å². The molecule has 5 heteroatoms. The number of hydrogen-bond donors (Lipinski definition) is 0. The van der Waals surface area contributed by atoms with Crippen LogP contribution in [0.4, 0.5) is 0 Å². The van der Waals surface area contributed by atoms with Crippen molar-refractivity contribution in [1.82, 2.24) is 4.90 Å². The Morgan fingerprint density at radius 3 is 1.77 bits per heavy atom. The molecule has 0 aromatic heterocycles. The van der Waals surface area contributed by atoms with Gasteiger partial charge in [0.25, 0.3) is 11.8 Å². The van der Waals surface area contributed by atoms with E-state index in [1.165, 1.54) is 4.90 Å². The van der Waals surface area contributed by atoms with Gasteiger partial charge in [-0.2, -0.15) is 0 Å². The predicted octanol–water partition coefficient (Wildman–Crippen LogP) is 4.95. The third-order valence-corrected chi connectivity index (χ3v) is 5.58. The molecule has 0 atom stereocenters. The zero-order chi connectivity index (χ0) is 21.4. The molecule has 30 heavy (non-hydrogen) atoms. The first-order valence-corrected chi connectivity index (χ1v) is 10.1. The summed E-state index contributed by atoms with van der Waals surface area (Å²) in [5.41, 5.74) is -0.446. The fourth-order valence-corrected chi connectivity index (χ4v) is 4.00. The number of carbonyl (C=O) groups is 2. The third kappa shape index (κ3) is 3.42. The van der Waals surface area contributed by atoms with Crippen LogP contribution in [0.3, 0.4) is 0 Å². The summed E-state index contributed by atoms with van der Waals surface area (Å²) in [4.78, 5) is 28.5. The molecule has 0 N–H and O–H groups in total. The second kappa shape index (κ2) is 7.71. The van der Waals surface area contributed by atoms with Gasteiger partial charge in [0.1, 0.15) is 5.60 Å². The minimum absolute atomic E-state index is 0.142. The Labute approximate surface area is 181 Å². The Kier molecular flexibility index (Phi) is 5.22. The topological polar surface area (TPSA) is 46.6 Å². The summed E-state index contributed by atoms with van der Waals surface area (Å²) in [5, 5.41) is 0.599. The van der Waals surface area contributed by atoms with Crippen molar-refractivity contribution in [3.63, 3.8) is 0 Å². The molecule has 152 valence electrons. The van der Waals surface area contributed by atoms with Crippen molar-refractivity contribution in [2.45, 2.75) is 31.6 Å². The monoisotopic (exact) mass is 419 g/mol. The molecule has 3 aromatic rings. The zero-order valence-corrected chi connectivity index (χ0v) is 17.6. The maximum Gasteiger partial charge on any atom is 0.271 e. The molecule has 1 aliphatic heterocycles. The maximum absolute atomic E-state index is 14.0. The van der Waals surface area contributed by atoms with Crippen molar-refractivity contribution in [3.05, 3.63) is 107 Å². The summed E-state index contributed by atoms with van der Waals surface area (Å²) in [6.07, 6.45) is 0. The lowest BCUT2D eigenvalue weighted by molar-refractivity contribution is -0.206. The van der Waals surface area contributed by atoms with E-state index in [1.807, 2.05) is 72.8 Å². The highest BCUT2D eigenvalue weighted by atomic mass is 35.5. The number of morpholine rings is 1. The standard InChI is InChI=1S/C25H22ClNO3/c1-24(2)22(28)27(17-18-13-15-21(26)16-14-18)23(29)25(30-24,19-9-5-3-6-10-19)20-11-7-4-8-12-20/h3-16H,17H2,1-2H3. The lowest BCUT2D eigenvalue weighted by Gasteiger charge is -2.48. The number of benzene rings is 3. The Bertz CT molecular complexity index is 1020. The van der Waals surface area contributed by atoms with Crippen LogP contribution >= 0.6 is 11.6 Å². The first-order valence-electron chi connectivity index (χ1n) is 9.77. The van der Waals surface area contributed by atoms with Crippen LogP contribution in [0.2, 0.25) is 5.02 Å². The molecule has 4 nitrogen and oxygen atoms in total. The maximum atomic E-state index is 14.0. The Morgan fingerprint density at radius 2 is 1.27 bits per heavy atom. The van der Waals surface area contributed by atoms with Gasteiger partial charge in [-0.25, -0.2) is 0 Å². The van der Waals surface area contributed by atoms with Gasteiger partial charge in [0.05, 0.1) is 6.54 Å². The summed E-state index contributed by atoms with van der Waals surface area (Å²) in [7, 11) is 0. The minimum atomic E-state index is -1.42. The van der Waals surface area contributed by atoms with Gasteiger partial charge in [-0.3, -0.25) is 14.5 Å². The van der Waals surface area contributed by atoms with Crippen LogP contribution in [0.5, 0.6) is 0 Å². The quantitative estimate of drug-likeness (QED) is 0.562. The molecule has 2 amide bonds. The van der Waals surface area contributed by atoms with Crippen LogP contribution in [0.15, 0.2) is 84.9 Å². The van der Waals surface area contributed by atoms with Gasteiger partial charge in [0, 0.05) is 5.02 Å². The fourth-order valence-electron chi connectivity index (χ4n) is 3.87. The van der Waals surface area contributed by atoms with Crippen LogP contribution in [0.25, 0.3) is 0 Å².